The average Bonchev–Trinajstić information content (AvgIpc) is 2.54. The molecule has 0 unspecified atom stereocenters. The van der Waals surface area contributed by atoms with Crippen LogP contribution in [0.2, 0.25) is 0 Å². The Morgan fingerprint density at radius 3 is 2.36 bits per heavy atom. The summed E-state index contributed by atoms with van der Waals surface area (Å²) in [5.74, 6) is -0.498. The van der Waals surface area contributed by atoms with Gasteiger partial charge in [0.05, 0.1) is 15.0 Å². The van der Waals surface area contributed by atoms with Crippen LogP contribution in [0.5, 0.6) is 0 Å². The fraction of sp³-hybridized carbons (Fsp3) is 0.188. The van der Waals surface area contributed by atoms with Gasteiger partial charge in [-0.05, 0) is 52.2 Å². The quantitative estimate of drug-likeness (QED) is 0.581. The lowest BCUT2D eigenvalue weighted by molar-refractivity contribution is -0.385. The van der Waals surface area contributed by atoms with Crippen LogP contribution < -0.4 is 5.32 Å². The Morgan fingerprint density at radius 1 is 1.16 bits per heavy atom. The van der Waals surface area contributed by atoms with E-state index < -0.39 is 22.6 Å². The first-order chi connectivity index (χ1) is 11.7. The number of hydrogen-bond donors (Lipinski definition) is 1. The second-order valence-corrected chi connectivity index (χ2v) is 5.98. The maximum Gasteiger partial charge on any atom is 0.416 e. The molecule has 0 aliphatic heterocycles. The maximum absolute atomic E-state index is 12.5. The van der Waals surface area contributed by atoms with Gasteiger partial charge in [-0.2, -0.15) is 13.2 Å². The van der Waals surface area contributed by atoms with Crippen molar-refractivity contribution in [1.82, 2.24) is 5.32 Å². The SMILES string of the molecule is O=C(NCCc1ccc(C(F)(F)F)cc1)c1ccc(Br)c([N+](=O)[O-])c1. The van der Waals surface area contributed by atoms with Crippen LogP contribution in [0.15, 0.2) is 46.9 Å². The van der Waals surface area contributed by atoms with Gasteiger partial charge in [-0.1, -0.05) is 12.1 Å². The lowest BCUT2D eigenvalue weighted by Crippen LogP contribution is -2.25. The second kappa shape index (κ2) is 7.64. The molecule has 132 valence electrons. The number of amides is 1. The number of hydrogen-bond acceptors (Lipinski definition) is 3. The maximum atomic E-state index is 12.5. The van der Waals surface area contributed by atoms with E-state index in [1.807, 2.05) is 0 Å². The molecule has 0 atom stereocenters. The number of halogens is 4. The number of nitrogens with one attached hydrogen (secondary N) is 1. The van der Waals surface area contributed by atoms with Gasteiger partial charge in [-0.3, -0.25) is 14.9 Å². The van der Waals surface area contributed by atoms with E-state index in [-0.39, 0.29) is 22.3 Å². The molecule has 0 bridgehead atoms. The third kappa shape index (κ3) is 5.02. The fourth-order valence-corrected chi connectivity index (χ4v) is 2.47. The van der Waals surface area contributed by atoms with E-state index in [1.54, 1.807) is 0 Å². The Kier molecular flexibility index (Phi) is 5.78. The molecule has 25 heavy (non-hydrogen) atoms. The Labute approximate surface area is 149 Å². The molecule has 5 nitrogen and oxygen atoms in total. The first kappa shape index (κ1) is 18.9. The van der Waals surface area contributed by atoms with Gasteiger partial charge in [0.15, 0.2) is 0 Å². The van der Waals surface area contributed by atoms with Gasteiger partial charge in [-0.25, -0.2) is 0 Å². The summed E-state index contributed by atoms with van der Waals surface area (Å²) in [6, 6.07) is 8.65. The summed E-state index contributed by atoms with van der Waals surface area (Å²) in [5.41, 5.74) is -0.199. The van der Waals surface area contributed by atoms with Crippen molar-refractivity contribution < 1.29 is 22.9 Å². The van der Waals surface area contributed by atoms with E-state index in [0.717, 1.165) is 18.2 Å². The van der Waals surface area contributed by atoms with E-state index in [2.05, 4.69) is 21.2 Å². The Hall–Kier alpha value is -2.42. The number of alkyl halides is 3. The van der Waals surface area contributed by atoms with Crippen molar-refractivity contribution >= 4 is 27.5 Å². The molecule has 1 N–H and O–H groups in total. The number of nitro benzene ring substituents is 1. The summed E-state index contributed by atoms with van der Waals surface area (Å²) in [4.78, 5) is 22.3. The van der Waals surface area contributed by atoms with Crippen molar-refractivity contribution in [3.8, 4) is 0 Å². The molecule has 0 saturated heterocycles. The zero-order chi connectivity index (χ0) is 18.6. The minimum atomic E-state index is -4.39. The summed E-state index contributed by atoms with van der Waals surface area (Å²) >= 11 is 3.03. The number of carbonyl (C=O) groups is 1. The molecule has 0 aliphatic rings. The largest absolute Gasteiger partial charge is 0.416 e. The van der Waals surface area contributed by atoms with Crippen LogP contribution >= 0.6 is 15.9 Å². The van der Waals surface area contributed by atoms with E-state index in [0.29, 0.717) is 12.0 Å². The van der Waals surface area contributed by atoms with Crippen LogP contribution in [0.4, 0.5) is 18.9 Å². The molecule has 0 saturated carbocycles. The number of rotatable bonds is 5. The lowest BCUT2D eigenvalue weighted by atomic mass is 10.1. The molecule has 1 amide bonds. The van der Waals surface area contributed by atoms with Crippen LogP contribution in [-0.4, -0.2) is 17.4 Å². The topological polar surface area (TPSA) is 72.2 Å². The summed E-state index contributed by atoms with van der Waals surface area (Å²) < 4.78 is 37.7. The van der Waals surface area contributed by atoms with Gasteiger partial charge in [-0.15, -0.1) is 0 Å². The van der Waals surface area contributed by atoms with Crippen LogP contribution in [0.1, 0.15) is 21.5 Å². The minimum Gasteiger partial charge on any atom is -0.352 e. The normalized spacial score (nSPS) is 11.2. The van der Waals surface area contributed by atoms with Gasteiger partial charge in [0.2, 0.25) is 0 Å². The molecule has 2 aromatic carbocycles. The van der Waals surface area contributed by atoms with Gasteiger partial charge >= 0.3 is 6.18 Å². The smallest absolute Gasteiger partial charge is 0.352 e. The average molecular weight is 417 g/mol. The second-order valence-electron chi connectivity index (χ2n) is 5.12. The molecule has 0 heterocycles. The first-order valence-corrected chi connectivity index (χ1v) is 7.86. The Bertz CT molecular complexity index is 792. The van der Waals surface area contributed by atoms with Crippen molar-refractivity contribution in [2.24, 2.45) is 0 Å². The Morgan fingerprint density at radius 2 is 1.80 bits per heavy atom. The molecular formula is C16H12BrF3N2O3. The number of nitro groups is 1. The minimum absolute atomic E-state index is 0.127. The predicted molar refractivity (Wildman–Crippen MR) is 88.3 cm³/mol. The van der Waals surface area contributed by atoms with Crippen LogP contribution in [0, 0.1) is 10.1 Å². The molecular weight excluding hydrogens is 405 g/mol. The van der Waals surface area contributed by atoms with E-state index in [4.69, 9.17) is 0 Å². The third-order valence-electron chi connectivity index (χ3n) is 3.39. The van der Waals surface area contributed by atoms with Gasteiger partial charge in [0.1, 0.15) is 0 Å². The Balaban J connectivity index is 1.94. The molecule has 9 heteroatoms. The molecule has 0 spiro atoms. The first-order valence-electron chi connectivity index (χ1n) is 7.07. The molecule has 0 aromatic heterocycles. The van der Waals surface area contributed by atoms with Crippen LogP contribution in [0.3, 0.4) is 0 Å². The highest BCUT2D eigenvalue weighted by molar-refractivity contribution is 9.10. The third-order valence-corrected chi connectivity index (χ3v) is 4.06. The lowest BCUT2D eigenvalue weighted by Gasteiger charge is -2.08. The van der Waals surface area contributed by atoms with E-state index in [1.165, 1.54) is 24.3 Å². The predicted octanol–water partition coefficient (Wildman–Crippen LogP) is 4.35. The monoisotopic (exact) mass is 416 g/mol. The van der Waals surface area contributed by atoms with Gasteiger partial charge in [0.25, 0.3) is 11.6 Å². The summed E-state index contributed by atoms with van der Waals surface area (Å²) in [7, 11) is 0. The summed E-state index contributed by atoms with van der Waals surface area (Å²) in [5, 5.41) is 13.4. The standard InChI is InChI=1S/C16H12BrF3N2O3/c17-13-6-3-11(9-14(13)22(24)25)15(23)21-8-7-10-1-4-12(5-2-10)16(18,19)20/h1-6,9H,7-8H2,(H,21,23). The van der Waals surface area contributed by atoms with Crippen molar-refractivity contribution in [2.75, 3.05) is 6.54 Å². The van der Waals surface area contributed by atoms with Crippen molar-refractivity contribution in [2.45, 2.75) is 12.6 Å². The molecule has 0 fully saturated rings. The van der Waals surface area contributed by atoms with E-state index >= 15 is 0 Å². The fourth-order valence-electron chi connectivity index (χ4n) is 2.08. The zero-order valence-corrected chi connectivity index (χ0v) is 14.2. The van der Waals surface area contributed by atoms with E-state index in [9.17, 15) is 28.1 Å². The number of nitrogens with zero attached hydrogens (tertiary/aromatic N) is 1. The highest BCUT2D eigenvalue weighted by atomic mass is 79.9. The van der Waals surface area contributed by atoms with Gasteiger partial charge < -0.3 is 5.32 Å². The number of carbonyl (C=O) groups excluding carboxylic acids is 1. The molecule has 2 aromatic rings. The van der Waals surface area contributed by atoms with Gasteiger partial charge in [0, 0.05) is 18.2 Å². The summed E-state index contributed by atoms with van der Waals surface area (Å²) in [6.45, 7) is 0.189. The highest BCUT2D eigenvalue weighted by Gasteiger charge is 2.29. The highest BCUT2D eigenvalue weighted by Crippen LogP contribution is 2.29. The summed E-state index contributed by atoms with van der Waals surface area (Å²) in [6.07, 6.45) is -4.05. The van der Waals surface area contributed by atoms with Crippen LogP contribution in [-0.2, 0) is 12.6 Å². The van der Waals surface area contributed by atoms with Crippen molar-refractivity contribution in [3.63, 3.8) is 0 Å². The number of benzene rings is 2. The molecule has 0 radical (unpaired) electrons. The molecule has 0 aliphatic carbocycles. The van der Waals surface area contributed by atoms with Crippen LogP contribution in [0.25, 0.3) is 0 Å². The van der Waals surface area contributed by atoms with Crippen molar-refractivity contribution in [3.05, 3.63) is 73.7 Å². The zero-order valence-electron chi connectivity index (χ0n) is 12.6. The van der Waals surface area contributed by atoms with Crippen molar-refractivity contribution in [1.29, 1.82) is 0 Å². The molecule has 2 rings (SSSR count).